The summed E-state index contributed by atoms with van der Waals surface area (Å²) in [5, 5.41) is 3.50. The van der Waals surface area contributed by atoms with Crippen LogP contribution in [0.3, 0.4) is 0 Å². The average Bonchev–Trinajstić information content (AvgIpc) is 2.93. The maximum absolute atomic E-state index is 5.77. The summed E-state index contributed by atoms with van der Waals surface area (Å²) in [5.74, 6) is 0.899. The van der Waals surface area contributed by atoms with Gasteiger partial charge in [-0.1, -0.05) is 35.8 Å². The number of aromatic nitrogens is 1. The molecule has 114 valence electrons. The largest absolute Gasteiger partial charge is 0.492 e. The molecule has 0 bridgehead atoms. The van der Waals surface area contributed by atoms with E-state index in [1.165, 1.54) is 5.56 Å². The molecule has 0 aliphatic rings. The minimum absolute atomic E-state index is 0.447. The van der Waals surface area contributed by atoms with Crippen molar-refractivity contribution in [1.82, 2.24) is 9.88 Å². The SMILES string of the molecule is CCNC(CC)c1ccn(CCOc2cccc(Br)c2)c1. The Morgan fingerprint density at radius 2 is 2.14 bits per heavy atom. The zero-order valence-corrected chi connectivity index (χ0v) is 14.3. The number of halogens is 1. The summed E-state index contributed by atoms with van der Waals surface area (Å²) in [6.45, 7) is 6.87. The van der Waals surface area contributed by atoms with Gasteiger partial charge in [0.1, 0.15) is 12.4 Å². The van der Waals surface area contributed by atoms with Crippen molar-refractivity contribution in [3.05, 3.63) is 52.8 Å². The second kappa shape index (κ2) is 8.25. The van der Waals surface area contributed by atoms with E-state index in [9.17, 15) is 0 Å². The van der Waals surface area contributed by atoms with E-state index in [2.05, 4.69) is 58.1 Å². The molecule has 0 saturated heterocycles. The molecule has 21 heavy (non-hydrogen) atoms. The highest BCUT2D eigenvalue weighted by molar-refractivity contribution is 9.10. The third kappa shape index (κ3) is 4.90. The molecular weight excluding hydrogens is 328 g/mol. The van der Waals surface area contributed by atoms with Gasteiger partial charge in [-0.2, -0.15) is 0 Å². The van der Waals surface area contributed by atoms with E-state index in [1.54, 1.807) is 0 Å². The lowest BCUT2D eigenvalue weighted by molar-refractivity contribution is 0.298. The van der Waals surface area contributed by atoms with Gasteiger partial charge in [0.05, 0.1) is 6.54 Å². The maximum Gasteiger partial charge on any atom is 0.120 e. The number of nitrogens with one attached hydrogen (secondary N) is 1. The third-order valence-corrected chi connectivity index (χ3v) is 3.94. The van der Waals surface area contributed by atoms with Gasteiger partial charge in [-0.05, 0) is 42.8 Å². The van der Waals surface area contributed by atoms with Gasteiger partial charge in [-0.3, -0.25) is 0 Å². The van der Waals surface area contributed by atoms with E-state index < -0.39 is 0 Å². The number of hydrogen-bond acceptors (Lipinski definition) is 2. The molecule has 1 N–H and O–H groups in total. The van der Waals surface area contributed by atoms with Crippen LogP contribution in [0, 0.1) is 0 Å². The van der Waals surface area contributed by atoms with Crippen LogP contribution in [0.15, 0.2) is 47.2 Å². The number of ether oxygens (including phenoxy) is 1. The number of hydrogen-bond donors (Lipinski definition) is 1. The van der Waals surface area contributed by atoms with Crippen molar-refractivity contribution in [2.24, 2.45) is 0 Å². The van der Waals surface area contributed by atoms with Crippen molar-refractivity contribution < 1.29 is 4.74 Å². The van der Waals surface area contributed by atoms with Gasteiger partial charge in [0.15, 0.2) is 0 Å². The van der Waals surface area contributed by atoms with Crippen LogP contribution in [0.2, 0.25) is 0 Å². The van der Waals surface area contributed by atoms with Gasteiger partial charge >= 0.3 is 0 Å². The van der Waals surface area contributed by atoms with Crippen molar-refractivity contribution in [2.75, 3.05) is 13.2 Å². The van der Waals surface area contributed by atoms with E-state index in [0.29, 0.717) is 12.6 Å². The second-order valence-corrected chi connectivity index (χ2v) is 5.92. The maximum atomic E-state index is 5.77. The van der Waals surface area contributed by atoms with Gasteiger partial charge < -0.3 is 14.6 Å². The number of nitrogens with zero attached hydrogens (tertiary/aromatic N) is 1. The van der Waals surface area contributed by atoms with Crippen LogP contribution in [0.1, 0.15) is 31.9 Å². The smallest absolute Gasteiger partial charge is 0.120 e. The molecule has 1 aromatic carbocycles. The molecule has 0 aliphatic heterocycles. The second-order valence-electron chi connectivity index (χ2n) is 5.01. The molecule has 4 heteroatoms. The first kappa shape index (κ1) is 16.1. The van der Waals surface area contributed by atoms with Gasteiger partial charge in [0, 0.05) is 22.9 Å². The Morgan fingerprint density at radius 3 is 2.86 bits per heavy atom. The number of rotatable bonds is 8. The first-order chi connectivity index (χ1) is 10.2. The summed E-state index contributed by atoms with van der Waals surface area (Å²) in [4.78, 5) is 0. The normalized spacial score (nSPS) is 12.3. The van der Waals surface area contributed by atoms with E-state index >= 15 is 0 Å². The zero-order chi connectivity index (χ0) is 15.1. The van der Waals surface area contributed by atoms with Crippen molar-refractivity contribution in [3.8, 4) is 5.75 Å². The summed E-state index contributed by atoms with van der Waals surface area (Å²) in [5.41, 5.74) is 1.35. The van der Waals surface area contributed by atoms with E-state index in [-0.39, 0.29) is 0 Å². The predicted octanol–water partition coefficient (Wildman–Crippen LogP) is 4.39. The van der Waals surface area contributed by atoms with Gasteiger partial charge in [0.2, 0.25) is 0 Å². The highest BCUT2D eigenvalue weighted by Gasteiger charge is 2.08. The average molecular weight is 351 g/mol. The first-order valence-electron chi connectivity index (χ1n) is 7.50. The molecule has 0 radical (unpaired) electrons. The van der Waals surface area contributed by atoms with Crippen LogP contribution in [0.25, 0.3) is 0 Å². The molecule has 2 rings (SSSR count). The highest BCUT2D eigenvalue weighted by Crippen LogP contribution is 2.18. The Hall–Kier alpha value is -1.26. The fourth-order valence-electron chi connectivity index (χ4n) is 2.37. The summed E-state index contributed by atoms with van der Waals surface area (Å²) >= 11 is 3.45. The molecule has 1 atom stereocenters. The van der Waals surface area contributed by atoms with Crippen molar-refractivity contribution in [2.45, 2.75) is 32.9 Å². The molecule has 1 unspecified atom stereocenters. The fourth-order valence-corrected chi connectivity index (χ4v) is 2.75. The van der Waals surface area contributed by atoms with E-state index in [4.69, 9.17) is 4.74 Å². The summed E-state index contributed by atoms with van der Waals surface area (Å²) < 4.78 is 9.00. The van der Waals surface area contributed by atoms with Gasteiger partial charge in [-0.25, -0.2) is 0 Å². The highest BCUT2D eigenvalue weighted by atomic mass is 79.9. The van der Waals surface area contributed by atoms with Crippen molar-refractivity contribution >= 4 is 15.9 Å². The molecule has 3 nitrogen and oxygen atoms in total. The summed E-state index contributed by atoms with van der Waals surface area (Å²) in [6, 6.07) is 10.6. The predicted molar refractivity (Wildman–Crippen MR) is 90.8 cm³/mol. The lowest BCUT2D eigenvalue weighted by Crippen LogP contribution is -2.19. The molecule has 0 fully saturated rings. The fraction of sp³-hybridized carbons (Fsp3) is 0.412. The summed E-state index contributed by atoms with van der Waals surface area (Å²) in [7, 11) is 0. The Labute approximate surface area is 135 Å². The van der Waals surface area contributed by atoms with Crippen LogP contribution >= 0.6 is 15.9 Å². The van der Waals surface area contributed by atoms with Gasteiger partial charge in [-0.15, -0.1) is 0 Å². The molecular formula is C17H23BrN2O. The lowest BCUT2D eigenvalue weighted by Gasteiger charge is -2.14. The Bertz CT molecular complexity index is 553. The summed E-state index contributed by atoms with van der Waals surface area (Å²) in [6.07, 6.45) is 5.44. The van der Waals surface area contributed by atoms with E-state index in [0.717, 1.165) is 29.7 Å². The van der Waals surface area contributed by atoms with Crippen LogP contribution < -0.4 is 10.1 Å². The van der Waals surface area contributed by atoms with Crippen LogP contribution in [-0.4, -0.2) is 17.7 Å². The quantitative estimate of drug-likeness (QED) is 0.763. The van der Waals surface area contributed by atoms with Crippen LogP contribution in [0.5, 0.6) is 5.75 Å². The van der Waals surface area contributed by atoms with Crippen molar-refractivity contribution in [3.63, 3.8) is 0 Å². The molecule has 0 spiro atoms. The van der Waals surface area contributed by atoms with Crippen LogP contribution in [-0.2, 0) is 6.54 Å². The Morgan fingerprint density at radius 1 is 1.29 bits per heavy atom. The van der Waals surface area contributed by atoms with Crippen LogP contribution in [0.4, 0.5) is 0 Å². The number of benzene rings is 1. The Kier molecular flexibility index (Phi) is 6.33. The molecule has 1 aromatic heterocycles. The molecule has 2 aromatic rings. The molecule has 0 aliphatic carbocycles. The van der Waals surface area contributed by atoms with E-state index in [1.807, 2.05) is 24.3 Å². The molecule has 0 amide bonds. The Balaban J connectivity index is 1.85. The lowest BCUT2D eigenvalue weighted by atomic mass is 10.1. The van der Waals surface area contributed by atoms with Crippen molar-refractivity contribution in [1.29, 1.82) is 0 Å². The monoisotopic (exact) mass is 350 g/mol. The standard InChI is InChI=1S/C17H23BrN2O/c1-3-17(19-4-2)14-8-9-20(13-14)10-11-21-16-7-5-6-15(18)12-16/h5-9,12-13,17,19H,3-4,10-11H2,1-2H3. The third-order valence-electron chi connectivity index (χ3n) is 3.45. The topological polar surface area (TPSA) is 26.2 Å². The zero-order valence-electron chi connectivity index (χ0n) is 12.7. The molecule has 0 saturated carbocycles. The first-order valence-corrected chi connectivity index (χ1v) is 8.29. The minimum atomic E-state index is 0.447. The minimum Gasteiger partial charge on any atom is -0.492 e. The van der Waals surface area contributed by atoms with Gasteiger partial charge in [0.25, 0.3) is 0 Å². The molecule has 1 heterocycles.